The molecule has 0 fully saturated rings. The third kappa shape index (κ3) is 7.22. The van der Waals surface area contributed by atoms with Gasteiger partial charge in [-0.15, -0.1) is 0 Å². The lowest BCUT2D eigenvalue weighted by molar-refractivity contribution is -0.679. The Kier molecular flexibility index (Phi) is 10.7. The van der Waals surface area contributed by atoms with Gasteiger partial charge in [-0.05, 0) is 48.6 Å². The molecule has 0 radical (unpaired) electrons. The summed E-state index contributed by atoms with van der Waals surface area (Å²) in [6.45, 7) is 5.54. The summed E-state index contributed by atoms with van der Waals surface area (Å²) in [5, 5.41) is 11.8. The van der Waals surface area contributed by atoms with Crippen LogP contribution in [-0.4, -0.2) is 12.2 Å². The number of phenols is 1. The van der Waals surface area contributed by atoms with E-state index in [1.165, 1.54) is 68.0 Å². The second-order valence-electron chi connectivity index (χ2n) is 9.62. The number of aryl methyl sites for hydroxylation is 1. The van der Waals surface area contributed by atoms with Crippen molar-refractivity contribution in [2.75, 3.05) is 7.11 Å². The van der Waals surface area contributed by atoms with Crippen LogP contribution in [0.5, 0.6) is 11.5 Å². The number of aromatic nitrogens is 1. The maximum absolute atomic E-state index is 10.5. The predicted octanol–water partition coefficient (Wildman–Crippen LogP) is 8.11. The van der Waals surface area contributed by atoms with Crippen LogP contribution in [0.25, 0.3) is 10.9 Å². The van der Waals surface area contributed by atoms with E-state index < -0.39 is 0 Å². The number of pyridine rings is 1. The number of aromatic hydroxyl groups is 1. The average Bonchev–Trinajstić information content (AvgIpc) is 2.86. The summed E-state index contributed by atoms with van der Waals surface area (Å²) in [6.07, 6.45) is 13.7. The number of rotatable bonds is 15. The third-order valence-corrected chi connectivity index (χ3v) is 7.03. The number of hydrogen-bond donors (Lipinski definition) is 1. The maximum atomic E-state index is 10.5. The molecule has 2 aromatic carbocycles. The van der Waals surface area contributed by atoms with Crippen LogP contribution in [0.3, 0.4) is 0 Å². The molecule has 0 saturated carbocycles. The minimum Gasteiger partial charge on any atom is -0.508 e. The van der Waals surface area contributed by atoms with Gasteiger partial charge in [0.1, 0.15) is 18.0 Å². The maximum Gasteiger partial charge on any atom is 0.212 e. The number of para-hydroxylation sites is 1. The van der Waals surface area contributed by atoms with Gasteiger partial charge in [0.15, 0.2) is 5.69 Å². The Bertz CT molecular complexity index is 1010. The highest BCUT2D eigenvalue weighted by atomic mass is 16.5. The highest BCUT2D eigenvalue weighted by Gasteiger charge is 2.22. The van der Waals surface area contributed by atoms with Crippen LogP contribution in [0.1, 0.15) is 95.2 Å². The highest BCUT2D eigenvalue weighted by Crippen LogP contribution is 2.32. The molecule has 0 spiro atoms. The molecule has 3 heteroatoms. The summed E-state index contributed by atoms with van der Waals surface area (Å²) in [5.74, 6) is 1.63. The van der Waals surface area contributed by atoms with Crippen molar-refractivity contribution in [1.82, 2.24) is 0 Å². The first-order valence-corrected chi connectivity index (χ1v) is 13.4. The molecule has 184 valence electrons. The number of phenolic OH excluding ortho intramolecular Hbond substituents is 1. The molecule has 3 rings (SSSR count). The zero-order valence-electron chi connectivity index (χ0n) is 21.6. The average molecular weight is 463 g/mol. The first kappa shape index (κ1) is 26.1. The van der Waals surface area contributed by atoms with E-state index >= 15 is 0 Å². The predicted molar refractivity (Wildman–Crippen MR) is 143 cm³/mol. The minimum absolute atomic E-state index is 0.312. The summed E-state index contributed by atoms with van der Waals surface area (Å²) in [4.78, 5) is 0. The number of methoxy groups -OCH3 is 1. The van der Waals surface area contributed by atoms with Crippen molar-refractivity contribution in [2.24, 2.45) is 0 Å². The Labute approximate surface area is 206 Å². The molecule has 1 N–H and O–H groups in total. The monoisotopic (exact) mass is 462 g/mol. The molecule has 0 saturated heterocycles. The largest absolute Gasteiger partial charge is 0.508 e. The van der Waals surface area contributed by atoms with E-state index in [0.717, 1.165) is 37.1 Å². The number of benzene rings is 2. The smallest absolute Gasteiger partial charge is 0.212 e. The standard InChI is InChI=1S/C31H43NO2/c1-4-6-7-8-9-10-11-14-22-32-27(19-18-26-24-28(34-3)20-21-30(26)32)23-25(15-5-2)29-16-12-13-17-31(29)33/h12-13,16-21,24-25H,4-11,14-15,22-23H2,1-3H3/p+1. The summed E-state index contributed by atoms with van der Waals surface area (Å²) >= 11 is 0. The van der Waals surface area contributed by atoms with Crippen molar-refractivity contribution in [1.29, 1.82) is 0 Å². The van der Waals surface area contributed by atoms with E-state index in [4.69, 9.17) is 4.74 Å². The Morgan fingerprint density at radius 3 is 2.26 bits per heavy atom. The molecule has 1 aromatic heterocycles. The van der Waals surface area contributed by atoms with Gasteiger partial charge in [0.05, 0.1) is 12.5 Å². The van der Waals surface area contributed by atoms with Crippen LogP contribution >= 0.6 is 0 Å². The second kappa shape index (κ2) is 14.0. The van der Waals surface area contributed by atoms with Gasteiger partial charge in [0.2, 0.25) is 5.52 Å². The van der Waals surface area contributed by atoms with Crippen molar-refractivity contribution >= 4 is 10.9 Å². The van der Waals surface area contributed by atoms with E-state index in [9.17, 15) is 5.11 Å². The van der Waals surface area contributed by atoms with Gasteiger partial charge in [-0.3, -0.25) is 0 Å². The fourth-order valence-electron chi connectivity index (χ4n) is 5.12. The molecular formula is C31H44NO2+. The topological polar surface area (TPSA) is 33.3 Å². The molecule has 0 aliphatic heterocycles. The number of unbranched alkanes of at least 4 members (excludes halogenated alkanes) is 7. The number of nitrogens with zero attached hydrogens (tertiary/aromatic N) is 1. The Hall–Kier alpha value is -2.55. The molecule has 0 amide bonds. The van der Waals surface area contributed by atoms with E-state index in [1.54, 1.807) is 7.11 Å². The van der Waals surface area contributed by atoms with Gasteiger partial charge in [0, 0.05) is 25.0 Å². The van der Waals surface area contributed by atoms with Gasteiger partial charge >= 0.3 is 0 Å². The summed E-state index contributed by atoms with van der Waals surface area (Å²) in [5.41, 5.74) is 3.69. The number of hydrogen-bond acceptors (Lipinski definition) is 2. The summed E-state index contributed by atoms with van der Waals surface area (Å²) in [7, 11) is 1.73. The van der Waals surface area contributed by atoms with Crippen molar-refractivity contribution < 1.29 is 14.4 Å². The molecule has 0 aliphatic rings. The van der Waals surface area contributed by atoms with Gasteiger partial charge in [-0.25, -0.2) is 0 Å². The molecule has 1 atom stereocenters. The summed E-state index contributed by atoms with van der Waals surface area (Å²) < 4.78 is 8.00. The van der Waals surface area contributed by atoms with Crippen molar-refractivity contribution in [3.05, 3.63) is 65.9 Å². The first-order chi connectivity index (χ1) is 16.7. The van der Waals surface area contributed by atoms with E-state index in [0.29, 0.717) is 11.7 Å². The molecule has 1 unspecified atom stereocenters. The van der Waals surface area contributed by atoms with Crippen LogP contribution in [0, 0.1) is 0 Å². The van der Waals surface area contributed by atoms with Crippen LogP contribution in [-0.2, 0) is 13.0 Å². The highest BCUT2D eigenvalue weighted by molar-refractivity contribution is 5.77. The molecule has 3 nitrogen and oxygen atoms in total. The Morgan fingerprint density at radius 1 is 0.824 bits per heavy atom. The quantitative estimate of drug-likeness (QED) is 0.183. The number of ether oxygens (including phenoxy) is 1. The van der Waals surface area contributed by atoms with E-state index in [2.05, 4.69) is 54.8 Å². The fourth-order valence-corrected chi connectivity index (χ4v) is 5.12. The lowest BCUT2D eigenvalue weighted by atomic mass is 9.89. The van der Waals surface area contributed by atoms with Crippen LogP contribution < -0.4 is 9.30 Å². The lowest BCUT2D eigenvalue weighted by Crippen LogP contribution is -2.40. The molecular weight excluding hydrogens is 418 g/mol. The molecule has 3 aromatic rings. The molecule has 1 heterocycles. The SMILES string of the molecule is CCCCCCCCCC[n+]1c(CC(CCC)c2ccccc2O)ccc2cc(OC)ccc21. The zero-order chi connectivity index (χ0) is 24.2. The summed E-state index contributed by atoms with van der Waals surface area (Å²) in [6, 6.07) is 18.8. The minimum atomic E-state index is 0.312. The van der Waals surface area contributed by atoms with Crippen molar-refractivity contribution in [3.8, 4) is 11.5 Å². The van der Waals surface area contributed by atoms with Gasteiger partial charge in [-0.1, -0.05) is 77.0 Å². The molecule has 0 aliphatic carbocycles. The van der Waals surface area contributed by atoms with Crippen LogP contribution in [0.2, 0.25) is 0 Å². The van der Waals surface area contributed by atoms with Gasteiger partial charge in [0.25, 0.3) is 0 Å². The Morgan fingerprint density at radius 2 is 1.56 bits per heavy atom. The van der Waals surface area contributed by atoms with Crippen LogP contribution in [0.4, 0.5) is 0 Å². The van der Waals surface area contributed by atoms with E-state index in [-0.39, 0.29) is 0 Å². The lowest BCUT2D eigenvalue weighted by Gasteiger charge is -2.18. The van der Waals surface area contributed by atoms with Gasteiger partial charge < -0.3 is 9.84 Å². The number of fused-ring (bicyclic) bond motifs is 1. The normalized spacial score (nSPS) is 12.2. The molecule has 0 bridgehead atoms. The van der Waals surface area contributed by atoms with E-state index in [1.807, 2.05) is 18.2 Å². The van der Waals surface area contributed by atoms with Crippen LogP contribution in [0.15, 0.2) is 54.6 Å². The van der Waals surface area contributed by atoms with Gasteiger partial charge in [-0.2, -0.15) is 4.57 Å². The Balaban J connectivity index is 1.81. The zero-order valence-corrected chi connectivity index (χ0v) is 21.6. The van der Waals surface area contributed by atoms with Crippen molar-refractivity contribution in [3.63, 3.8) is 0 Å². The van der Waals surface area contributed by atoms with Crippen molar-refractivity contribution in [2.45, 2.75) is 96.9 Å². The molecule has 34 heavy (non-hydrogen) atoms. The first-order valence-electron chi connectivity index (χ1n) is 13.4. The fraction of sp³-hybridized carbons (Fsp3) is 0.516. The second-order valence-corrected chi connectivity index (χ2v) is 9.62. The third-order valence-electron chi connectivity index (χ3n) is 7.03.